The third kappa shape index (κ3) is 3.10. The highest BCUT2D eigenvalue weighted by Gasteiger charge is 2.31. The quantitative estimate of drug-likeness (QED) is 0.670. The summed E-state index contributed by atoms with van der Waals surface area (Å²) in [5.74, 6) is -0.875. The molecule has 0 radical (unpaired) electrons. The number of esters is 1. The van der Waals surface area contributed by atoms with Gasteiger partial charge in [-0.2, -0.15) is 13.2 Å². The fraction of sp³-hybridized carbons (Fsp3) is 0.250. The van der Waals surface area contributed by atoms with Crippen LogP contribution in [0.2, 0.25) is 0 Å². The summed E-state index contributed by atoms with van der Waals surface area (Å²) in [6.45, 7) is 3.29. The second-order valence-electron chi connectivity index (χ2n) is 3.54. The molecule has 0 fully saturated rings. The van der Waals surface area contributed by atoms with Gasteiger partial charge in [0, 0.05) is 0 Å². The third-order valence-electron chi connectivity index (χ3n) is 2.31. The second-order valence-corrected chi connectivity index (χ2v) is 3.54. The summed E-state index contributed by atoms with van der Waals surface area (Å²) in [5, 5.41) is 9.71. The summed E-state index contributed by atoms with van der Waals surface area (Å²) in [5.41, 5.74) is -1.30. The number of benzene rings is 1. The van der Waals surface area contributed by atoms with Crippen molar-refractivity contribution in [3.8, 4) is 0 Å². The molecule has 6 heteroatoms. The smallest absolute Gasteiger partial charge is 0.416 e. The van der Waals surface area contributed by atoms with E-state index in [9.17, 15) is 23.1 Å². The Bertz CT molecular complexity index is 466. The number of rotatable bonds is 3. The summed E-state index contributed by atoms with van der Waals surface area (Å²) in [7, 11) is 1.09. The van der Waals surface area contributed by atoms with Gasteiger partial charge in [-0.1, -0.05) is 18.7 Å². The topological polar surface area (TPSA) is 46.5 Å². The van der Waals surface area contributed by atoms with Gasteiger partial charge in [0.05, 0.1) is 18.2 Å². The van der Waals surface area contributed by atoms with E-state index in [4.69, 9.17) is 0 Å². The predicted molar refractivity (Wildman–Crippen MR) is 57.6 cm³/mol. The van der Waals surface area contributed by atoms with Crippen LogP contribution in [0.4, 0.5) is 13.2 Å². The van der Waals surface area contributed by atoms with Crippen molar-refractivity contribution >= 4 is 5.97 Å². The van der Waals surface area contributed by atoms with Crippen molar-refractivity contribution in [1.82, 2.24) is 0 Å². The minimum absolute atomic E-state index is 0.0692. The lowest BCUT2D eigenvalue weighted by atomic mass is 10.0. The largest absolute Gasteiger partial charge is 0.466 e. The van der Waals surface area contributed by atoms with Gasteiger partial charge in [-0.25, -0.2) is 4.79 Å². The number of ether oxygens (including phenoxy) is 1. The van der Waals surface area contributed by atoms with Gasteiger partial charge in [-0.3, -0.25) is 0 Å². The zero-order valence-electron chi connectivity index (χ0n) is 9.49. The van der Waals surface area contributed by atoms with E-state index in [-0.39, 0.29) is 11.1 Å². The molecule has 1 atom stereocenters. The summed E-state index contributed by atoms with van der Waals surface area (Å²) < 4.78 is 41.7. The normalized spacial score (nSPS) is 12.9. The highest BCUT2D eigenvalue weighted by Crippen LogP contribution is 2.31. The Labute approximate surface area is 101 Å². The van der Waals surface area contributed by atoms with Crippen LogP contribution in [0.1, 0.15) is 17.2 Å². The van der Waals surface area contributed by atoms with Gasteiger partial charge in [0.2, 0.25) is 0 Å². The zero-order chi connectivity index (χ0) is 13.9. The molecule has 0 saturated heterocycles. The zero-order valence-corrected chi connectivity index (χ0v) is 9.49. The molecule has 0 amide bonds. The van der Waals surface area contributed by atoms with Crippen LogP contribution in [0.3, 0.4) is 0 Å². The molecule has 1 aromatic carbocycles. The highest BCUT2D eigenvalue weighted by atomic mass is 19.4. The number of carbonyl (C=O) groups excluding carboxylic acids is 1. The summed E-state index contributed by atoms with van der Waals surface area (Å²) in [6, 6.07) is 4.05. The van der Waals surface area contributed by atoms with Crippen LogP contribution in [0.25, 0.3) is 0 Å². The van der Waals surface area contributed by atoms with Crippen molar-refractivity contribution in [3.63, 3.8) is 0 Å². The average Bonchev–Trinajstić information content (AvgIpc) is 2.35. The van der Waals surface area contributed by atoms with Gasteiger partial charge >= 0.3 is 12.1 Å². The molecule has 0 aliphatic carbocycles. The Hall–Kier alpha value is -1.82. The number of halogens is 3. The number of methoxy groups -OCH3 is 1. The van der Waals surface area contributed by atoms with E-state index in [2.05, 4.69) is 11.3 Å². The molecule has 3 nitrogen and oxygen atoms in total. The molecule has 0 bridgehead atoms. The van der Waals surface area contributed by atoms with Gasteiger partial charge < -0.3 is 9.84 Å². The molecule has 98 valence electrons. The molecule has 0 spiro atoms. The number of alkyl halides is 3. The molecule has 1 rings (SSSR count). The molecule has 1 unspecified atom stereocenters. The van der Waals surface area contributed by atoms with E-state index < -0.39 is 23.8 Å². The van der Waals surface area contributed by atoms with Crippen molar-refractivity contribution < 1.29 is 27.8 Å². The first-order chi connectivity index (χ1) is 8.27. The number of aliphatic hydroxyl groups excluding tert-OH is 1. The minimum Gasteiger partial charge on any atom is -0.466 e. The lowest BCUT2D eigenvalue weighted by Crippen LogP contribution is -2.13. The van der Waals surface area contributed by atoms with E-state index in [1.54, 1.807) is 0 Å². The SMILES string of the molecule is C=C(C(=O)OC)C(O)c1cccc(C(F)(F)F)c1. The average molecular weight is 260 g/mol. The number of hydrogen-bond donors (Lipinski definition) is 1. The maximum Gasteiger partial charge on any atom is 0.416 e. The Kier molecular flexibility index (Phi) is 4.13. The predicted octanol–water partition coefficient (Wildman–Crippen LogP) is 2.47. The van der Waals surface area contributed by atoms with Crippen molar-refractivity contribution in [2.75, 3.05) is 7.11 Å². The summed E-state index contributed by atoms with van der Waals surface area (Å²) in [4.78, 5) is 11.1. The van der Waals surface area contributed by atoms with Crippen LogP contribution < -0.4 is 0 Å². The molecule has 0 aromatic heterocycles. The van der Waals surface area contributed by atoms with Gasteiger partial charge in [0.15, 0.2) is 0 Å². The third-order valence-corrected chi connectivity index (χ3v) is 2.31. The number of hydrogen-bond acceptors (Lipinski definition) is 3. The molecular weight excluding hydrogens is 249 g/mol. The van der Waals surface area contributed by atoms with Crippen LogP contribution >= 0.6 is 0 Å². The van der Waals surface area contributed by atoms with Crippen molar-refractivity contribution in [3.05, 3.63) is 47.5 Å². The fourth-order valence-corrected chi connectivity index (χ4v) is 1.33. The first-order valence-corrected chi connectivity index (χ1v) is 4.89. The molecular formula is C12H11F3O3. The maximum absolute atomic E-state index is 12.5. The van der Waals surface area contributed by atoms with Gasteiger partial charge in [0.25, 0.3) is 0 Å². The van der Waals surface area contributed by atoms with Crippen molar-refractivity contribution in [2.24, 2.45) is 0 Å². The Morgan fingerprint density at radius 2 is 2.06 bits per heavy atom. The van der Waals surface area contributed by atoms with E-state index >= 15 is 0 Å². The Morgan fingerprint density at radius 3 is 2.56 bits per heavy atom. The van der Waals surface area contributed by atoms with E-state index in [1.807, 2.05) is 0 Å². The molecule has 1 aromatic rings. The van der Waals surface area contributed by atoms with Crippen LogP contribution in [0.5, 0.6) is 0 Å². The van der Waals surface area contributed by atoms with Crippen molar-refractivity contribution in [2.45, 2.75) is 12.3 Å². The van der Waals surface area contributed by atoms with Gasteiger partial charge in [-0.15, -0.1) is 0 Å². The minimum atomic E-state index is -4.51. The van der Waals surface area contributed by atoms with Gasteiger partial charge in [0.1, 0.15) is 6.10 Å². The first-order valence-electron chi connectivity index (χ1n) is 4.89. The standard InChI is InChI=1S/C12H11F3O3/c1-7(11(17)18-2)10(16)8-4-3-5-9(6-8)12(13,14)15/h3-6,10,16H,1H2,2H3. The number of carbonyl (C=O) groups is 1. The lowest BCUT2D eigenvalue weighted by Gasteiger charge is -2.14. The molecule has 0 aliphatic heterocycles. The van der Waals surface area contributed by atoms with Crippen LogP contribution in [0.15, 0.2) is 36.4 Å². The van der Waals surface area contributed by atoms with Crippen LogP contribution in [0, 0.1) is 0 Å². The van der Waals surface area contributed by atoms with Crippen LogP contribution in [-0.4, -0.2) is 18.2 Å². The second kappa shape index (κ2) is 5.22. The molecule has 0 heterocycles. The Morgan fingerprint density at radius 1 is 1.44 bits per heavy atom. The maximum atomic E-state index is 12.5. The van der Waals surface area contributed by atoms with E-state index in [1.165, 1.54) is 6.07 Å². The molecule has 0 aliphatic rings. The van der Waals surface area contributed by atoms with Crippen LogP contribution in [-0.2, 0) is 15.7 Å². The van der Waals surface area contributed by atoms with Crippen molar-refractivity contribution in [1.29, 1.82) is 0 Å². The molecule has 18 heavy (non-hydrogen) atoms. The van der Waals surface area contributed by atoms with Gasteiger partial charge in [-0.05, 0) is 17.7 Å². The van der Waals surface area contributed by atoms with E-state index in [0.717, 1.165) is 25.3 Å². The highest BCUT2D eigenvalue weighted by molar-refractivity contribution is 5.88. The summed E-state index contributed by atoms with van der Waals surface area (Å²) >= 11 is 0. The molecule has 0 saturated carbocycles. The molecule has 1 N–H and O–H groups in total. The monoisotopic (exact) mass is 260 g/mol. The Balaban J connectivity index is 3.04. The number of aliphatic hydroxyl groups is 1. The van der Waals surface area contributed by atoms with E-state index in [0.29, 0.717) is 0 Å². The summed E-state index contributed by atoms with van der Waals surface area (Å²) in [6.07, 6.45) is -6.04. The fourth-order valence-electron chi connectivity index (χ4n) is 1.33. The lowest BCUT2D eigenvalue weighted by molar-refractivity contribution is -0.137. The first kappa shape index (κ1) is 14.2.